The minimum Gasteiger partial charge on any atom is -0.465 e. The largest absolute Gasteiger partial charge is 0.465 e. The third kappa shape index (κ3) is 2.03. The van der Waals surface area contributed by atoms with Gasteiger partial charge in [-0.3, -0.25) is 24.1 Å². The van der Waals surface area contributed by atoms with Gasteiger partial charge < -0.3 is 9.30 Å². The number of ether oxygens (including phenoxy) is 1. The van der Waals surface area contributed by atoms with Crippen LogP contribution in [0.1, 0.15) is 27.8 Å². The Balaban J connectivity index is 2.50. The third-order valence-corrected chi connectivity index (χ3v) is 2.81. The number of rotatable bonds is 3. The van der Waals surface area contributed by atoms with E-state index in [1.54, 1.807) is 6.92 Å². The highest BCUT2D eigenvalue weighted by Crippen LogP contribution is 2.18. The molecule has 1 aliphatic rings. The predicted octanol–water partition coefficient (Wildman–Crippen LogP) is -0.363. The maximum Gasteiger partial charge on any atom is 0.325 e. The summed E-state index contributed by atoms with van der Waals surface area (Å²) in [7, 11) is 1.29. The van der Waals surface area contributed by atoms with Crippen LogP contribution < -0.4 is 5.43 Å². The van der Waals surface area contributed by atoms with E-state index in [4.69, 9.17) is 4.74 Å². The average Bonchev–Trinajstić information content (AvgIpc) is 2.59. The summed E-state index contributed by atoms with van der Waals surface area (Å²) in [6.45, 7) is 1.66. The first kappa shape index (κ1) is 13.0. The molecule has 7 heteroatoms. The molecule has 7 nitrogen and oxygen atoms in total. The summed E-state index contributed by atoms with van der Waals surface area (Å²) >= 11 is 0. The van der Waals surface area contributed by atoms with Gasteiger partial charge in [0, 0.05) is 19.3 Å². The number of imide groups is 1. The zero-order valence-corrected chi connectivity index (χ0v) is 10.5. The van der Waals surface area contributed by atoms with Crippen LogP contribution in [0, 0.1) is 0 Å². The highest BCUT2D eigenvalue weighted by Gasteiger charge is 2.37. The molecule has 0 atom stereocenters. The highest BCUT2D eigenvalue weighted by atomic mass is 16.5. The van der Waals surface area contributed by atoms with Gasteiger partial charge in [0.1, 0.15) is 17.8 Å². The molecule has 0 unspecified atom stereocenters. The van der Waals surface area contributed by atoms with Crippen molar-refractivity contribution < 1.29 is 19.1 Å². The molecule has 1 aliphatic heterocycles. The molecule has 0 spiro atoms. The molecule has 2 rings (SSSR count). The van der Waals surface area contributed by atoms with E-state index >= 15 is 0 Å². The lowest BCUT2D eigenvalue weighted by atomic mass is 10.2. The lowest BCUT2D eigenvalue weighted by Crippen LogP contribution is -2.26. The fraction of sp³-hybridized carbons (Fsp3) is 0.333. The molecule has 2 heterocycles. The van der Waals surface area contributed by atoms with Crippen molar-refractivity contribution in [2.24, 2.45) is 0 Å². The Labute approximate surface area is 108 Å². The number of pyridine rings is 1. The number of amides is 2. The Morgan fingerprint density at radius 3 is 2.58 bits per heavy atom. The van der Waals surface area contributed by atoms with Crippen LogP contribution in [0.3, 0.4) is 0 Å². The normalized spacial score (nSPS) is 13.7. The number of esters is 1. The molecule has 2 amide bonds. The van der Waals surface area contributed by atoms with Gasteiger partial charge in [0.2, 0.25) is 0 Å². The van der Waals surface area contributed by atoms with Gasteiger partial charge in [-0.1, -0.05) is 0 Å². The van der Waals surface area contributed by atoms with Gasteiger partial charge in [-0.15, -0.1) is 0 Å². The van der Waals surface area contributed by atoms with E-state index in [2.05, 4.69) is 0 Å². The van der Waals surface area contributed by atoms with Crippen LogP contribution in [0.25, 0.3) is 0 Å². The molecule has 0 aliphatic carbocycles. The maximum absolute atomic E-state index is 11.9. The Morgan fingerprint density at radius 2 is 1.95 bits per heavy atom. The van der Waals surface area contributed by atoms with Crippen LogP contribution in [0.15, 0.2) is 17.1 Å². The number of aromatic nitrogens is 1. The zero-order valence-electron chi connectivity index (χ0n) is 10.5. The minimum absolute atomic E-state index is 0.0620. The second-order valence-corrected chi connectivity index (χ2v) is 4.01. The van der Waals surface area contributed by atoms with Gasteiger partial charge in [-0.25, -0.2) is 0 Å². The van der Waals surface area contributed by atoms with E-state index in [9.17, 15) is 19.2 Å². The standard InChI is InChI=1S/C12H12N2O5/c1-3-19-8(16)6-14-5-4-7(15)9-10(14)12(18)13(2)11(9)17/h4-5H,3,6H2,1-2H3. The quantitative estimate of drug-likeness (QED) is 0.549. The second kappa shape index (κ2) is 4.68. The highest BCUT2D eigenvalue weighted by molar-refractivity contribution is 6.20. The summed E-state index contributed by atoms with van der Waals surface area (Å²) in [5.41, 5.74) is -0.787. The van der Waals surface area contributed by atoms with Crippen LogP contribution in [0.4, 0.5) is 0 Å². The SMILES string of the molecule is CCOC(=O)Cn1ccc(=O)c2c1C(=O)N(C)C2=O. The Hall–Kier alpha value is -2.44. The van der Waals surface area contributed by atoms with Gasteiger partial charge in [0.15, 0.2) is 5.43 Å². The molecule has 0 bridgehead atoms. The molecule has 0 saturated carbocycles. The number of carbonyl (C=O) groups excluding carboxylic acids is 3. The van der Waals surface area contributed by atoms with Gasteiger partial charge in [-0.05, 0) is 6.92 Å². The third-order valence-electron chi connectivity index (χ3n) is 2.81. The first-order valence-electron chi connectivity index (χ1n) is 5.68. The summed E-state index contributed by atoms with van der Waals surface area (Å²) in [6, 6.07) is 1.16. The molecule has 0 N–H and O–H groups in total. The first-order chi connectivity index (χ1) is 8.97. The number of fused-ring (bicyclic) bond motifs is 1. The van der Waals surface area contributed by atoms with Crippen molar-refractivity contribution in [1.29, 1.82) is 0 Å². The number of hydrogen-bond acceptors (Lipinski definition) is 5. The van der Waals surface area contributed by atoms with Crippen molar-refractivity contribution in [3.8, 4) is 0 Å². The van der Waals surface area contributed by atoms with Crippen LogP contribution >= 0.6 is 0 Å². The summed E-state index contributed by atoms with van der Waals surface area (Å²) in [5.74, 6) is -1.78. The van der Waals surface area contributed by atoms with E-state index in [0.29, 0.717) is 0 Å². The van der Waals surface area contributed by atoms with Crippen molar-refractivity contribution in [2.75, 3.05) is 13.7 Å². The van der Waals surface area contributed by atoms with Gasteiger partial charge in [-0.2, -0.15) is 0 Å². The van der Waals surface area contributed by atoms with E-state index in [1.165, 1.54) is 17.8 Å². The Bertz CT molecular complexity index is 631. The Kier molecular flexibility index (Phi) is 3.20. The topological polar surface area (TPSA) is 85.7 Å². The molecular formula is C12H12N2O5. The van der Waals surface area contributed by atoms with Crippen LogP contribution in [-0.4, -0.2) is 40.9 Å². The molecule has 0 radical (unpaired) electrons. The molecular weight excluding hydrogens is 252 g/mol. The smallest absolute Gasteiger partial charge is 0.325 e. The second-order valence-electron chi connectivity index (χ2n) is 4.01. The zero-order chi connectivity index (χ0) is 14.2. The fourth-order valence-corrected chi connectivity index (χ4v) is 1.91. The molecule has 1 aromatic rings. The molecule has 1 aromatic heterocycles. The van der Waals surface area contributed by atoms with E-state index in [1.807, 2.05) is 0 Å². The van der Waals surface area contributed by atoms with E-state index in [0.717, 1.165) is 11.0 Å². The maximum atomic E-state index is 11.9. The summed E-state index contributed by atoms with van der Waals surface area (Å²) in [6.07, 6.45) is 1.31. The van der Waals surface area contributed by atoms with Crippen LogP contribution in [0.5, 0.6) is 0 Å². The molecule has 19 heavy (non-hydrogen) atoms. The minimum atomic E-state index is -0.650. The van der Waals surface area contributed by atoms with E-state index in [-0.39, 0.29) is 24.4 Å². The summed E-state index contributed by atoms with van der Waals surface area (Å²) < 4.78 is 6.04. The number of nitrogens with zero attached hydrogens (tertiary/aromatic N) is 2. The van der Waals surface area contributed by atoms with Crippen molar-refractivity contribution >= 4 is 17.8 Å². The molecule has 0 fully saturated rings. The van der Waals surface area contributed by atoms with Crippen molar-refractivity contribution in [3.63, 3.8) is 0 Å². The lowest BCUT2D eigenvalue weighted by molar-refractivity contribution is -0.143. The van der Waals surface area contributed by atoms with Crippen LogP contribution in [0.2, 0.25) is 0 Å². The van der Waals surface area contributed by atoms with E-state index < -0.39 is 23.2 Å². The fourth-order valence-electron chi connectivity index (χ4n) is 1.91. The van der Waals surface area contributed by atoms with Crippen molar-refractivity contribution in [3.05, 3.63) is 33.7 Å². The van der Waals surface area contributed by atoms with Crippen molar-refractivity contribution in [1.82, 2.24) is 9.47 Å². The van der Waals surface area contributed by atoms with Crippen LogP contribution in [-0.2, 0) is 16.1 Å². The monoisotopic (exact) mass is 264 g/mol. The predicted molar refractivity (Wildman–Crippen MR) is 63.8 cm³/mol. The summed E-state index contributed by atoms with van der Waals surface area (Å²) in [5, 5.41) is 0. The molecule has 0 aromatic carbocycles. The van der Waals surface area contributed by atoms with Gasteiger partial charge in [0.05, 0.1) is 6.61 Å². The number of hydrogen-bond donors (Lipinski definition) is 0. The summed E-state index contributed by atoms with van der Waals surface area (Å²) in [4.78, 5) is 47.6. The molecule has 0 saturated heterocycles. The van der Waals surface area contributed by atoms with Gasteiger partial charge >= 0.3 is 5.97 Å². The Morgan fingerprint density at radius 1 is 1.26 bits per heavy atom. The lowest BCUT2D eigenvalue weighted by Gasteiger charge is -2.09. The average molecular weight is 264 g/mol. The van der Waals surface area contributed by atoms with Gasteiger partial charge in [0.25, 0.3) is 11.8 Å². The van der Waals surface area contributed by atoms with Crippen molar-refractivity contribution in [2.45, 2.75) is 13.5 Å². The first-order valence-corrected chi connectivity index (χ1v) is 5.68. The number of carbonyl (C=O) groups is 3. The molecule has 100 valence electrons.